The van der Waals surface area contributed by atoms with Crippen molar-refractivity contribution in [2.75, 3.05) is 18.0 Å². The van der Waals surface area contributed by atoms with Gasteiger partial charge in [0.1, 0.15) is 16.5 Å². The summed E-state index contributed by atoms with van der Waals surface area (Å²) in [6, 6.07) is 7.90. The molecule has 3 nitrogen and oxygen atoms in total. The molecule has 1 aliphatic rings. The van der Waals surface area contributed by atoms with Gasteiger partial charge in [-0.3, -0.25) is 0 Å². The fraction of sp³-hybridized carbons (Fsp3) is 0.273. The maximum Gasteiger partial charge on any atom is 0.142 e. The zero-order valence-corrected chi connectivity index (χ0v) is 18.0. The van der Waals surface area contributed by atoms with Gasteiger partial charge in [0.05, 0.1) is 11.1 Å². The summed E-state index contributed by atoms with van der Waals surface area (Å²) in [6.45, 7) is 9.33. The van der Waals surface area contributed by atoms with Crippen molar-refractivity contribution in [2.24, 2.45) is 0 Å². The van der Waals surface area contributed by atoms with Crippen molar-refractivity contribution in [1.82, 2.24) is 9.97 Å². The molecule has 0 unspecified atom stereocenters. The molecule has 0 atom stereocenters. The zero-order chi connectivity index (χ0) is 19.5. The standard InChI is InChI=1S/C22H22ClN3S2/c1-3-12-26(13-4-2)21-20-17-6-5-7-18(17)28-22(20)25-19(24-21)14-27-16-10-8-15(23)9-11-16/h3-4,8-11H,1-2,5-7,12-14H2. The van der Waals surface area contributed by atoms with Gasteiger partial charge >= 0.3 is 0 Å². The molecule has 0 saturated heterocycles. The van der Waals surface area contributed by atoms with Gasteiger partial charge in [-0.25, -0.2) is 9.97 Å². The van der Waals surface area contributed by atoms with Gasteiger partial charge in [0.25, 0.3) is 0 Å². The summed E-state index contributed by atoms with van der Waals surface area (Å²) >= 11 is 9.56. The van der Waals surface area contributed by atoms with Crippen LogP contribution in [0.3, 0.4) is 0 Å². The highest BCUT2D eigenvalue weighted by atomic mass is 35.5. The lowest BCUT2D eigenvalue weighted by molar-refractivity contribution is 0.903. The molecule has 1 aliphatic carbocycles. The summed E-state index contributed by atoms with van der Waals surface area (Å²) in [4.78, 5) is 15.9. The Morgan fingerprint density at radius 2 is 1.86 bits per heavy atom. The Morgan fingerprint density at radius 3 is 2.57 bits per heavy atom. The van der Waals surface area contributed by atoms with Gasteiger partial charge in [-0.15, -0.1) is 36.3 Å². The predicted molar refractivity (Wildman–Crippen MR) is 123 cm³/mol. The molecule has 1 aromatic carbocycles. The van der Waals surface area contributed by atoms with Crippen LogP contribution in [-0.4, -0.2) is 23.1 Å². The molecule has 6 heteroatoms. The van der Waals surface area contributed by atoms with Crippen LogP contribution in [0, 0.1) is 0 Å². The lowest BCUT2D eigenvalue weighted by atomic mass is 10.1. The molecule has 3 aromatic rings. The Labute approximate surface area is 179 Å². The van der Waals surface area contributed by atoms with Crippen LogP contribution in [0.1, 0.15) is 22.7 Å². The van der Waals surface area contributed by atoms with Crippen LogP contribution in [0.25, 0.3) is 10.2 Å². The highest BCUT2D eigenvalue weighted by Gasteiger charge is 2.24. The number of halogens is 1. The lowest BCUT2D eigenvalue weighted by Gasteiger charge is -2.22. The summed E-state index contributed by atoms with van der Waals surface area (Å²) in [6.07, 6.45) is 7.36. The van der Waals surface area contributed by atoms with Crippen molar-refractivity contribution in [2.45, 2.75) is 29.9 Å². The van der Waals surface area contributed by atoms with E-state index in [0.29, 0.717) is 0 Å². The van der Waals surface area contributed by atoms with Gasteiger partial charge < -0.3 is 4.90 Å². The van der Waals surface area contributed by atoms with E-state index in [9.17, 15) is 0 Å². The van der Waals surface area contributed by atoms with E-state index in [2.05, 4.69) is 18.1 Å². The Balaban J connectivity index is 1.72. The van der Waals surface area contributed by atoms with E-state index in [0.717, 1.165) is 58.1 Å². The van der Waals surface area contributed by atoms with Gasteiger partial charge in [0.15, 0.2) is 0 Å². The minimum Gasteiger partial charge on any atom is -0.349 e. The third kappa shape index (κ3) is 3.97. The number of fused-ring (bicyclic) bond motifs is 3. The van der Waals surface area contributed by atoms with Gasteiger partial charge in [-0.1, -0.05) is 23.8 Å². The van der Waals surface area contributed by atoms with Gasteiger partial charge in [0.2, 0.25) is 0 Å². The number of thioether (sulfide) groups is 1. The molecule has 2 heterocycles. The van der Waals surface area contributed by atoms with E-state index in [1.807, 2.05) is 47.8 Å². The number of nitrogens with zero attached hydrogens (tertiary/aromatic N) is 3. The van der Waals surface area contributed by atoms with E-state index in [4.69, 9.17) is 21.6 Å². The molecular weight excluding hydrogens is 406 g/mol. The molecule has 0 spiro atoms. The summed E-state index contributed by atoms with van der Waals surface area (Å²) in [7, 11) is 0. The van der Waals surface area contributed by atoms with Crippen LogP contribution >= 0.6 is 34.7 Å². The Hall–Kier alpha value is -1.82. The third-order valence-electron chi connectivity index (χ3n) is 4.77. The average molecular weight is 428 g/mol. The van der Waals surface area contributed by atoms with E-state index < -0.39 is 0 Å². The van der Waals surface area contributed by atoms with E-state index in [1.165, 1.54) is 22.2 Å². The molecule has 144 valence electrons. The van der Waals surface area contributed by atoms with E-state index >= 15 is 0 Å². The Kier molecular flexibility index (Phi) is 6.04. The SMILES string of the molecule is C=CCN(CC=C)c1nc(CSc2ccc(Cl)cc2)nc2sc3c(c12)CCC3. The average Bonchev–Trinajstić information content (AvgIpc) is 3.28. The first-order chi connectivity index (χ1) is 13.7. The molecule has 0 fully saturated rings. The van der Waals surface area contributed by atoms with Crippen molar-refractivity contribution in [3.05, 3.63) is 70.9 Å². The summed E-state index contributed by atoms with van der Waals surface area (Å²) in [5, 5.41) is 1.99. The number of hydrogen-bond acceptors (Lipinski definition) is 5. The van der Waals surface area contributed by atoms with Crippen LogP contribution in [0.4, 0.5) is 5.82 Å². The molecule has 0 bridgehead atoms. The number of rotatable bonds is 8. The second-order valence-corrected chi connectivity index (χ2v) is 9.29. The molecule has 28 heavy (non-hydrogen) atoms. The summed E-state index contributed by atoms with van der Waals surface area (Å²) < 4.78 is 0. The monoisotopic (exact) mass is 427 g/mol. The number of hydrogen-bond donors (Lipinski definition) is 0. The molecule has 0 radical (unpaired) electrons. The van der Waals surface area contributed by atoms with E-state index in [1.54, 1.807) is 11.8 Å². The van der Waals surface area contributed by atoms with Crippen LogP contribution in [0.2, 0.25) is 5.02 Å². The lowest BCUT2D eigenvalue weighted by Crippen LogP contribution is -2.25. The molecule has 0 N–H and O–H groups in total. The molecule has 0 saturated carbocycles. The number of benzene rings is 1. The number of aryl methyl sites for hydroxylation is 2. The van der Waals surface area contributed by atoms with Crippen LogP contribution < -0.4 is 4.90 Å². The quantitative estimate of drug-likeness (QED) is 0.311. The highest BCUT2D eigenvalue weighted by Crippen LogP contribution is 2.41. The van der Waals surface area contributed by atoms with Crippen LogP contribution in [0.5, 0.6) is 0 Å². The smallest absolute Gasteiger partial charge is 0.142 e. The molecule has 2 aromatic heterocycles. The van der Waals surface area contributed by atoms with Gasteiger partial charge in [0, 0.05) is 27.9 Å². The minimum atomic E-state index is 0.725. The van der Waals surface area contributed by atoms with Crippen LogP contribution in [0.15, 0.2) is 54.5 Å². The fourth-order valence-electron chi connectivity index (χ4n) is 3.55. The predicted octanol–water partition coefficient (Wildman–Crippen LogP) is 6.30. The zero-order valence-electron chi connectivity index (χ0n) is 15.7. The number of thiophene rings is 1. The van der Waals surface area contributed by atoms with Gasteiger partial charge in [-0.2, -0.15) is 0 Å². The highest BCUT2D eigenvalue weighted by molar-refractivity contribution is 7.98. The normalized spacial score (nSPS) is 12.9. The molecule has 0 amide bonds. The van der Waals surface area contributed by atoms with Crippen molar-refractivity contribution in [1.29, 1.82) is 0 Å². The van der Waals surface area contributed by atoms with Crippen molar-refractivity contribution in [3.63, 3.8) is 0 Å². The summed E-state index contributed by atoms with van der Waals surface area (Å²) in [5.74, 6) is 2.61. The second-order valence-electron chi connectivity index (χ2n) is 6.73. The van der Waals surface area contributed by atoms with Crippen LogP contribution in [-0.2, 0) is 18.6 Å². The van der Waals surface area contributed by atoms with E-state index in [-0.39, 0.29) is 0 Å². The van der Waals surface area contributed by atoms with Crippen molar-refractivity contribution >= 4 is 50.7 Å². The van der Waals surface area contributed by atoms with Crippen molar-refractivity contribution < 1.29 is 0 Å². The minimum absolute atomic E-state index is 0.725. The largest absolute Gasteiger partial charge is 0.349 e. The maximum atomic E-state index is 5.99. The Morgan fingerprint density at radius 1 is 1.11 bits per heavy atom. The van der Waals surface area contributed by atoms with Crippen molar-refractivity contribution in [3.8, 4) is 0 Å². The first-order valence-corrected chi connectivity index (χ1v) is 11.5. The number of aromatic nitrogens is 2. The number of anilines is 1. The second kappa shape index (κ2) is 8.68. The third-order valence-corrected chi connectivity index (χ3v) is 7.22. The molecule has 4 rings (SSSR count). The van der Waals surface area contributed by atoms with Gasteiger partial charge in [-0.05, 0) is 49.1 Å². The topological polar surface area (TPSA) is 29.0 Å². The molecular formula is C22H22ClN3S2. The maximum absolute atomic E-state index is 5.99. The first kappa shape index (κ1) is 19.5. The first-order valence-electron chi connectivity index (χ1n) is 9.36. The Bertz CT molecular complexity index is 1000. The molecule has 0 aliphatic heterocycles. The fourth-order valence-corrected chi connectivity index (χ4v) is 5.70. The summed E-state index contributed by atoms with van der Waals surface area (Å²) in [5.41, 5.74) is 1.45.